The Hall–Kier alpha value is -3.41. The fourth-order valence-electron chi connectivity index (χ4n) is 2.33. The Morgan fingerprint density at radius 2 is 1.88 bits per heavy atom. The lowest BCUT2D eigenvalue weighted by Gasteiger charge is -2.09. The lowest BCUT2D eigenvalue weighted by molar-refractivity contribution is 0.0950. The molecule has 3 rings (SSSR count). The number of nitrogens with zero attached hydrogens (tertiary/aromatic N) is 2. The van der Waals surface area contributed by atoms with Crippen LogP contribution < -0.4 is 10.2 Å². The van der Waals surface area contributed by atoms with Gasteiger partial charge in [-0.3, -0.25) is 9.89 Å². The number of carbonyl (C=O) groups is 1. The van der Waals surface area contributed by atoms with Crippen molar-refractivity contribution in [1.82, 2.24) is 15.6 Å². The second-order valence-electron chi connectivity index (χ2n) is 5.97. The highest BCUT2D eigenvalue weighted by Gasteiger charge is 2.10. The molecule has 0 radical (unpaired) electrons. The molecule has 0 aliphatic rings. The van der Waals surface area contributed by atoms with E-state index < -0.39 is 0 Å². The maximum absolute atomic E-state index is 12.1. The van der Waals surface area contributed by atoms with Crippen molar-refractivity contribution in [3.8, 4) is 17.0 Å². The standard InChI is InChI=1S/C20H20N4O2/c1-14(2)26-17-10-8-16(9-11-17)18-12-19(23-22-18)20(25)24-21-13-15-6-4-3-5-7-15/h3-14H,1-2H3,(H,22,23)(H,24,25)/b21-13+. The molecule has 1 aromatic heterocycles. The second-order valence-corrected chi connectivity index (χ2v) is 5.97. The molecule has 2 aromatic carbocycles. The van der Waals surface area contributed by atoms with Gasteiger partial charge in [-0.2, -0.15) is 10.2 Å². The first-order valence-corrected chi connectivity index (χ1v) is 8.33. The lowest BCUT2D eigenvalue weighted by Crippen LogP contribution is -2.17. The van der Waals surface area contributed by atoms with E-state index in [2.05, 4.69) is 20.7 Å². The molecule has 0 bridgehead atoms. The van der Waals surface area contributed by atoms with Crippen molar-refractivity contribution in [3.05, 3.63) is 71.9 Å². The van der Waals surface area contributed by atoms with Gasteiger partial charge in [-0.25, -0.2) is 5.43 Å². The fourth-order valence-corrected chi connectivity index (χ4v) is 2.33. The van der Waals surface area contributed by atoms with E-state index in [9.17, 15) is 4.79 Å². The second kappa shape index (κ2) is 8.11. The van der Waals surface area contributed by atoms with Crippen molar-refractivity contribution >= 4 is 12.1 Å². The molecule has 132 valence electrons. The first-order chi connectivity index (χ1) is 12.6. The summed E-state index contributed by atoms with van der Waals surface area (Å²) < 4.78 is 5.62. The van der Waals surface area contributed by atoms with E-state index in [-0.39, 0.29) is 12.0 Å². The average Bonchev–Trinajstić information content (AvgIpc) is 3.13. The highest BCUT2D eigenvalue weighted by molar-refractivity contribution is 5.94. The molecule has 1 heterocycles. The largest absolute Gasteiger partial charge is 0.491 e. The molecule has 26 heavy (non-hydrogen) atoms. The number of hydrazone groups is 1. The number of H-pyrrole nitrogens is 1. The van der Waals surface area contributed by atoms with Crippen molar-refractivity contribution in [2.24, 2.45) is 5.10 Å². The van der Waals surface area contributed by atoms with E-state index in [0.29, 0.717) is 11.4 Å². The number of hydrogen-bond acceptors (Lipinski definition) is 4. The number of aromatic nitrogens is 2. The Morgan fingerprint density at radius 3 is 2.58 bits per heavy atom. The summed E-state index contributed by atoms with van der Waals surface area (Å²) in [5, 5.41) is 10.9. The van der Waals surface area contributed by atoms with Gasteiger partial charge in [-0.1, -0.05) is 30.3 Å². The number of hydrogen-bond donors (Lipinski definition) is 2. The summed E-state index contributed by atoms with van der Waals surface area (Å²) in [6, 6.07) is 18.8. The first kappa shape index (κ1) is 17.4. The van der Waals surface area contributed by atoms with Gasteiger partial charge in [0, 0.05) is 5.56 Å². The fraction of sp³-hybridized carbons (Fsp3) is 0.150. The van der Waals surface area contributed by atoms with Crippen LogP contribution in [0.2, 0.25) is 0 Å². The maximum atomic E-state index is 12.1. The third kappa shape index (κ3) is 4.57. The van der Waals surface area contributed by atoms with Gasteiger partial charge in [-0.05, 0) is 49.7 Å². The van der Waals surface area contributed by atoms with E-state index in [4.69, 9.17) is 4.74 Å². The van der Waals surface area contributed by atoms with Crippen molar-refractivity contribution in [1.29, 1.82) is 0 Å². The third-order valence-electron chi connectivity index (χ3n) is 3.52. The minimum atomic E-state index is -0.351. The van der Waals surface area contributed by atoms with Crippen LogP contribution in [0.4, 0.5) is 0 Å². The van der Waals surface area contributed by atoms with E-state index >= 15 is 0 Å². The molecule has 1 amide bonds. The molecule has 3 aromatic rings. The summed E-state index contributed by atoms with van der Waals surface area (Å²) in [7, 11) is 0. The number of nitrogens with one attached hydrogen (secondary N) is 2. The Morgan fingerprint density at radius 1 is 1.15 bits per heavy atom. The predicted octanol–water partition coefficient (Wildman–Crippen LogP) is 3.63. The summed E-state index contributed by atoms with van der Waals surface area (Å²) in [5.41, 5.74) is 5.30. The van der Waals surface area contributed by atoms with Gasteiger partial charge >= 0.3 is 0 Å². The number of aromatic amines is 1. The van der Waals surface area contributed by atoms with Crippen LogP contribution in [0.25, 0.3) is 11.3 Å². The Bertz CT molecular complexity index is 884. The molecule has 0 aliphatic heterocycles. The highest BCUT2D eigenvalue weighted by atomic mass is 16.5. The monoisotopic (exact) mass is 348 g/mol. The van der Waals surface area contributed by atoms with Gasteiger partial charge in [0.1, 0.15) is 11.4 Å². The zero-order chi connectivity index (χ0) is 18.4. The topological polar surface area (TPSA) is 79.4 Å². The molecule has 0 unspecified atom stereocenters. The lowest BCUT2D eigenvalue weighted by atomic mass is 10.1. The maximum Gasteiger partial charge on any atom is 0.289 e. The number of carbonyl (C=O) groups excluding carboxylic acids is 1. The zero-order valence-corrected chi connectivity index (χ0v) is 14.6. The molecule has 0 aliphatic carbocycles. The molecule has 0 spiro atoms. The average molecular weight is 348 g/mol. The van der Waals surface area contributed by atoms with Crippen LogP contribution in [0, 0.1) is 0 Å². The van der Waals surface area contributed by atoms with Crippen molar-refractivity contribution in [2.45, 2.75) is 20.0 Å². The summed E-state index contributed by atoms with van der Waals surface area (Å²) >= 11 is 0. The van der Waals surface area contributed by atoms with Crippen LogP contribution in [-0.2, 0) is 0 Å². The van der Waals surface area contributed by atoms with Crippen LogP contribution in [0.1, 0.15) is 29.9 Å². The molecule has 0 saturated carbocycles. The zero-order valence-electron chi connectivity index (χ0n) is 14.6. The molecule has 2 N–H and O–H groups in total. The predicted molar refractivity (Wildman–Crippen MR) is 101 cm³/mol. The minimum Gasteiger partial charge on any atom is -0.491 e. The van der Waals surface area contributed by atoms with E-state index in [0.717, 1.165) is 16.9 Å². The van der Waals surface area contributed by atoms with Crippen LogP contribution in [0.15, 0.2) is 65.8 Å². The normalized spacial score (nSPS) is 11.0. The highest BCUT2D eigenvalue weighted by Crippen LogP contribution is 2.22. The number of ether oxygens (including phenoxy) is 1. The van der Waals surface area contributed by atoms with Gasteiger partial charge in [0.25, 0.3) is 5.91 Å². The van der Waals surface area contributed by atoms with Crippen LogP contribution in [-0.4, -0.2) is 28.4 Å². The summed E-state index contributed by atoms with van der Waals surface area (Å²) in [6.45, 7) is 3.96. The van der Waals surface area contributed by atoms with Crippen LogP contribution in [0.5, 0.6) is 5.75 Å². The molecule has 0 atom stereocenters. The van der Waals surface area contributed by atoms with Gasteiger partial charge in [0.05, 0.1) is 18.0 Å². The smallest absolute Gasteiger partial charge is 0.289 e. The molecular weight excluding hydrogens is 328 g/mol. The van der Waals surface area contributed by atoms with Gasteiger partial charge in [-0.15, -0.1) is 0 Å². The summed E-state index contributed by atoms with van der Waals surface area (Å²) in [6.07, 6.45) is 1.71. The van der Waals surface area contributed by atoms with E-state index in [1.54, 1.807) is 12.3 Å². The number of rotatable bonds is 6. The van der Waals surface area contributed by atoms with Gasteiger partial charge in [0.2, 0.25) is 0 Å². The Labute approximate surface area is 151 Å². The van der Waals surface area contributed by atoms with Crippen molar-refractivity contribution in [2.75, 3.05) is 0 Å². The summed E-state index contributed by atoms with van der Waals surface area (Å²) in [4.78, 5) is 12.1. The Kier molecular flexibility index (Phi) is 5.43. The third-order valence-corrected chi connectivity index (χ3v) is 3.52. The molecule has 0 saturated heterocycles. The SMILES string of the molecule is CC(C)Oc1ccc(-c2cc(C(=O)N/N=C/c3ccccc3)[nH]n2)cc1. The Balaban J connectivity index is 1.63. The number of amides is 1. The summed E-state index contributed by atoms with van der Waals surface area (Å²) in [5.74, 6) is 0.447. The molecular formula is C20H20N4O2. The van der Waals surface area contributed by atoms with E-state index in [1.807, 2.05) is 68.4 Å². The van der Waals surface area contributed by atoms with Crippen molar-refractivity contribution in [3.63, 3.8) is 0 Å². The minimum absolute atomic E-state index is 0.123. The quantitative estimate of drug-likeness (QED) is 0.527. The van der Waals surface area contributed by atoms with E-state index in [1.165, 1.54) is 0 Å². The number of benzene rings is 2. The van der Waals surface area contributed by atoms with Crippen molar-refractivity contribution < 1.29 is 9.53 Å². The molecule has 6 heteroatoms. The van der Waals surface area contributed by atoms with Crippen LogP contribution in [0.3, 0.4) is 0 Å². The molecule has 0 fully saturated rings. The van der Waals surface area contributed by atoms with Gasteiger partial charge < -0.3 is 4.74 Å². The van der Waals surface area contributed by atoms with Gasteiger partial charge in [0.15, 0.2) is 0 Å². The molecule has 6 nitrogen and oxygen atoms in total. The van der Waals surface area contributed by atoms with Crippen LogP contribution >= 0.6 is 0 Å². The first-order valence-electron chi connectivity index (χ1n) is 8.33.